The summed E-state index contributed by atoms with van der Waals surface area (Å²) >= 11 is 0. The minimum atomic E-state index is -0.828. The van der Waals surface area contributed by atoms with Gasteiger partial charge in [-0.1, -0.05) is 0 Å². The molecule has 2 rings (SSSR count). The highest BCUT2D eigenvalue weighted by molar-refractivity contribution is 5.65. The van der Waals surface area contributed by atoms with Crippen LogP contribution >= 0.6 is 0 Å². The van der Waals surface area contributed by atoms with Crippen molar-refractivity contribution in [2.24, 2.45) is 0 Å². The second-order valence-electron chi connectivity index (χ2n) is 3.99. The van der Waals surface area contributed by atoms with Gasteiger partial charge in [-0.3, -0.25) is 0 Å². The van der Waals surface area contributed by atoms with Crippen molar-refractivity contribution in [2.45, 2.75) is 18.4 Å². The van der Waals surface area contributed by atoms with E-state index in [1.54, 1.807) is 0 Å². The highest BCUT2D eigenvalue weighted by atomic mass is 16.5. The van der Waals surface area contributed by atoms with E-state index < -0.39 is 6.09 Å². The van der Waals surface area contributed by atoms with Gasteiger partial charge >= 0.3 is 6.09 Å². The number of hydrogen-bond acceptors (Lipinski definition) is 3. The number of amides is 1. The Morgan fingerprint density at radius 3 is 2.79 bits per heavy atom. The molecule has 2 heterocycles. The summed E-state index contributed by atoms with van der Waals surface area (Å²) in [5.74, 6) is 0. The lowest BCUT2D eigenvalue weighted by Gasteiger charge is -2.44. The fourth-order valence-corrected chi connectivity index (χ4v) is 2.19. The highest BCUT2D eigenvalue weighted by Crippen LogP contribution is 2.27. The Morgan fingerprint density at radius 1 is 1.43 bits per heavy atom. The standard InChI is InChI=1S/C9H16N2O3/c12-8(13)11-5-6-14-9(7-11)1-3-10-4-2-9/h10H,1-7H2,(H,12,13). The SMILES string of the molecule is O=C(O)N1CCOC2(CCNCC2)C1. The number of morpholine rings is 1. The van der Waals surface area contributed by atoms with Crippen LogP contribution in [0.4, 0.5) is 4.79 Å². The van der Waals surface area contributed by atoms with Crippen molar-refractivity contribution in [3.8, 4) is 0 Å². The number of carbonyl (C=O) groups is 1. The summed E-state index contributed by atoms with van der Waals surface area (Å²) in [6.45, 7) is 3.42. The average Bonchev–Trinajstić information content (AvgIpc) is 2.19. The summed E-state index contributed by atoms with van der Waals surface area (Å²) in [5, 5.41) is 12.2. The van der Waals surface area contributed by atoms with Gasteiger partial charge in [0.2, 0.25) is 0 Å². The zero-order valence-electron chi connectivity index (χ0n) is 8.16. The Hall–Kier alpha value is -0.810. The molecular weight excluding hydrogens is 184 g/mol. The zero-order valence-corrected chi connectivity index (χ0v) is 8.16. The summed E-state index contributed by atoms with van der Waals surface area (Å²) in [5.41, 5.74) is -0.206. The van der Waals surface area contributed by atoms with E-state index in [0.29, 0.717) is 19.7 Å². The fraction of sp³-hybridized carbons (Fsp3) is 0.889. The molecule has 2 aliphatic heterocycles. The summed E-state index contributed by atoms with van der Waals surface area (Å²) in [4.78, 5) is 12.3. The third-order valence-electron chi connectivity index (χ3n) is 3.03. The average molecular weight is 200 g/mol. The van der Waals surface area contributed by atoms with Crippen molar-refractivity contribution < 1.29 is 14.6 Å². The van der Waals surface area contributed by atoms with Crippen molar-refractivity contribution in [1.29, 1.82) is 0 Å². The number of nitrogens with one attached hydrogen (secondary N) is 1. The molecule has 0 unspecified atom stereocenters. The van der Waals surface area contributed by atoms with Crippen LogP contribution in [0.2, 0.25) is 0 Å². The Balaban J connectivity index is 2.01. The zero-order chi connectivity index (χ0) is 10.0. The van der Waals surface area contributed by atoms with Gasteiger partial charge in [-0.05, 0) is 25.9 Å². The minimum Gasteiger partial charge on any atom is -0.465 e. The van der Waals surface area contributed by atoms with Gasteiger partial charge in [0, 0.05) is 6.54 Å². The lowest BCUT2D eigenvalue weighted by molar-refractivity contribution is -0.116. The molecule has 1 spiro atoms. The van der Waals surface area contributed by atoms with Crippen LogP contribution in [0.1, 0.15) is 12.8 Å². The molecule has 0 radical (unpaired) electrons. The number of hydrogen-bond donors (Lipinski definition) is 2. The van der Waals surface area contributed by atoms with Gasteiger partial charge in [0.15, 0.2) is 0 Å². The number of ether oxygens (including phenoxy) is 1. The molecule has 0 aromatic carbocycles. The van der Waals surface area contributed by atoms with Gasteiger partial charge in [0.05, 0.1) is 18.8 Å². The van der Waals surface area contributed by atoms with E-state index in [1.807, 2.05) is 0 Å². The second kappa shape index (κ2) is 3.74. The van der Waals surface area contributed by atoms with Crippen LogP contribution in [0.5, 0.6) is 0 Å². The van der Waals surface area contributed by atoms with E-state index in [0.717, 1.165) is 25.9 Å². The van der Waals surface area contributed by atoms with Crippen molar-refractivity contribution in [3.05, 3.63) is 0 Å². The lowest BCUT2D eigenvalue weighted by atomic mass is 9.90. The van der Waals surface area contributed by atoms with Gasteiger partial charge in [-0.25, -0.2) is 4.79 Å². The maximum absolute atomic E-state index is 10.8. The van der Waals surface area contributed by atoms with Gasteiger partial charge < -0.3 is 20.1 Å². The van der Waals surface area contributed by atoms with Gasteiger partial charge in [-0.15, -0.1) is 0 Å². The highest BCUT2D eigenvalue weighted by Gasteiger charge is 2.39. The number of piperidine rings is 1. The molecule has 2 saturated heterocycles. The first-order chi connectivity index (χ1) is 6.72. The molecule has 0 saturated carbocycles. The number of nitrogens with zero attached hydrogens (tertiary/aromatic N) is 1. The first kappa shape index (κ1) is 9.73. The first-order valence-corrected chi connectivity index (χ1v) is 5.04. The van der Waals surface area contributed by atoms with Gasteiger partial charge in [0.25, 0.3) is 0 Å². The Kier molecular flexibility index (Phi) is 2.60. The van der Waals surface area contributed by atoms with Crippen molar-refractivity contribution in [3.63, 3.8) is 0 Å². The predicted octanol–water partition coefficient (Wildman–Crippen LogP) is 0.119. The van der Waals surface area contributed by atoms with Crippen LogP contribution < -0.4 is 5.32 Å². The Labute approximate surface area is 83.0 Å². The molecule has 0 atom stereocenters. The van der Waals surface area contributed by atoms with Gasteiger partial charge in [-0.2, -0.15) is 0 Å². The topological polar surface area (TPSA) is 61.8 Å². The molecule has 5 heteroatoms. The first-order valence-electron chi connectivity index (χ1n) is 5.04. The molecule has 0 bridgehead atoms. The monoisotopic (exact) mass is 200 g/mol. The maximum atomic E-state index is 10.8. The molecule has 2 fully saturated rings. The number of rotatable bonds is 0. The maximum Gasteiger partial charge on any atom is 0.407 e. The molecular formula is C9H16N2O3. The quantitative estimate of drug-likeness (QED) is 0.583. The summed E-state index contributed by atoms with van der Waals surface area (Å²) < 4.78 is 5.74. The van der Waals surface area contributed by atoms with Crippen LogP contribution in [0.3, 0.4) is 0 Å². The fourth-order valence-electron chi connectivity index (χ4n) is 2.19. The van der Waals surface area contributed by atoms with Crippen molar-refractivity contribution in [1.82, 2.24) is 10.2 Å². The normalized spacial score (nSPS) is 26.4. The summed E-state index contributed by atoms with van der Waals surface area (Å²) in [7, 11) is 0. The molecule has 0 aromatic heterocycles. The van der Waals surface area contributed by atoms with Crippen LogP contribution in [0.15, 0.2) is 0 Å². The minimum absolute atomic E-state index is 0.206. The van der Waals surface area contributed by atoms with Crippen molar-refractivity contribution in [2.75, 3.05) is 32.8 Å². The Bertz CT molecular complexity index is 221. The van der Waals surface area contributed by atoms with Gasteiger partial charge in [0.1, 0.15) is 0 Å². The van der Waals surface area contributed by atoms with E-state index in [-0.39, 0.29) is 5.60 Å². The van der Waals surface area contributed by atoms with E-state index in [1.165, 1.54) is 4.90 Å². The van der Waals surface area contributed by atoms with Crippen molar-refractivity contribution >= 4 is 6.09 Å². The summed E-state index contributed by atoms with van der Waals surface area (Å²) in [6.07, 6.45) is 0.999. The lowest BCUT2D eigenvalue weighted by Crippen LogP contribution is -2.57. The van der Waals surface area contributed by atoms with Crippen LogP contribution in [-0.2, 0) is 4.74 Å². The largest absolute Gasteiger partial charge is 0.465 e. The van der Waals surface area contributed by atoms with Crippen LogP contribution in [0, 0.1) is 0 Å². The van der Waals surface area contributed by atoms with E-state index in [4.69, 9.17) is 9.84 Å². The molecule has 2 N–H and O–H groups in total. The van der Waals surface area contributed by atoms with E-state index >= 15 is 0 Å². The molecule has 5 nitrogen and oxygen atoms in total. The molecule has 0 aliphatic carbocycles. The molecule has 2 aliphatic rings. The smallest absolute Gasteiger partial charge is 0.407 e. The predicted molar refractivity (Wildman–Crippen MR) is 50.4 cm³/mol. The molecule has 14 heavy (non-hydrogen) atoms. The van der Waals surface area contributed by atoms with E-state index in [9.17, 15) is 4.79 Å². The van der Waals surface area contributed by atoms with E-state index in [2.05, 4.69) is 5.32 Å². The molecule has 80 valence electrons. The second-order valence-corrected chi connectivity index (χ2v) is 3.99. The third-order valence-corrected chi connectivity index (χ3v) is 3.03. The number of carboxylic acid groups (broad SMARTS) is 1. The van der Waals surface area contributed by atoms with Crippen LogP contribution in [0.25, 0.3) is 0 Å². The molecule has 0 aromatic rings. The molecule has 1 amide bonds. The Morgan fingerprint density at radius 2 is 2.14 bits per heavy atom. The third kappa shape index (κ3) is 1.83. The van der Waals surface area contributed by atoms with Crippen LogP contribution in [-0.4, -0.2) is 54.5 Å². The summed E-state index contributed by atoms with van der Waals surface area (Å²) in [6, 6.07) is 0.